The van der Waals surface area contributed by atoms with E-state index in [9.17, 15) is 31.5 Å². The highest BCUT2D eigenvalue weighted by Crippen LogP contribution is 2.35. The van der Waals surface area contributed by atoms with Crippen LogP contribution in [-0.4, -0.2) is 35.6 Å². The molecule has 0 bridgehead atoms. The number of allylic oxidation sites excluding steroid dienone is 1. The largest absolute Gasteiger partial charge is 0.481 e. The van der Waals surface area contributed by atoms with Gasteiger partial charge in [0.05, 0.1) is 0 Å². The van der Waals surface area contributed by atoms with Crippen molar-refractivity contribution in [3.63, 3.8) is 0 Å². The van der Waals surface area contributed by atoms with Crippen molar-refractivity contribution in [3.05, 3.63) is 12.2 Å². The zero-order chi connectivity index (χ0) is 14.4. The maximum absolute atomic E-state index is 12.4. The standard InChI is InChI=1S/C9H10F5NO3/c10-8(11,9(12,13)14)7(18)15-5-3-1-2-4-6(16)17/h1,3H,2,4-5H2,(H,15,18)(H,16,17)/b3-1-. The third-order valence-corrected chi connectivity index (χ3v) is 1.71. The molecule has 0 spiro atoms. The molecule has 0 aliphatic carbocycles. The van der Waals surface area contributed by atoms with Gasteiger partial charge >= 0.3 is 24.0 Å². The van der Waals surface area contributed by atoms with Crippen LogP contribution in [0.4, 0.5) is 22.0 Å². The number of aliphatic carboxylic acids is 1. The Morgan fingerprint density at radius 2 is 1.67 bits per heavy atom. The monoisotopic (exact) mass is 275 g/mol. The van der Waals surface area contributed by atoms with E-state index >= 15 is 0 Å². The molecule has 0 saturated heterocycles. The molecule has 0 radical (unpaired) electrons. The van der Waals surface area contributed by atoms with E-state index in [1.165, 1.54) is 11.4 Å². The lowest BCUT2D eigenvalue weighted by atomic mass is 10.3. The number of halogens is 5. The Morgan fingerprint density at radius 1 is 1.11 bits per heavy atom. The van der Waals surface area contributed by atoms with Gasteiger partial charge < -0.3 is 10.4 Å². The minimum atomic E-state index is -5.94. The second-order valence-corrected chi connectivity index (χ2v) is 3.19. The van der Waals surface area contributed by atoms with Crippen molar-refractivity contribution in [2.24, 2.45) is 0 Å². The fraction of sp³-hybridized carbons (Fsp3) is 0.556. The topological polar surface area (TPSA) is 66.4 Å². The molecule has 1 amide bonds. The molecule has 0 aliphatic heterocycles. The fourth-order valence-electron chi connectivity index (χ4n) is 0.799. The number of nitrogens with one attached hydrogen (secondary N) is 1. The molecule has 4 nitrogen and oxygen atoms in total. The molecule has 0 rings (SSSR count). The van der Waals surface area contributed by atoms with E-state index < -0.39 is 30.5 Å². The van der Waals surface area contributed by atoms with Gasteiger partial charge in [-0.3, -0.25) is 9.59 Å². The smallest absolute Gasteiger partial charge is 0.463 e. The number of rotatable bonds is 6. The summed E-state index contributed by atoms with van der Waals surface area (Å²) in [6.45, 7) is -0.538. The van der Waals surface area contributed by atoms with Gasteiger partial charge in [0.2, 0.25) is 0 Å². The number of carbonyl (C=O) groups excluding carboxylic acids is 1. The van der Waals surface area contributed by atoms with Crippen molar-refractivity contribution in [1.82, 2.24) is 5.32 Å². The molecule has 0 heterocycles. The van der Waals surface area contributed by atoms with Crippen LogP contribution in [0.5, 0.6) is 0 Å². The molecule has 2 N–H and O–H groups in total. The molecule has 0 aromatic heterocycles. The predicted molar refractivity (Wildman–Crippen MR) is 50.0 cm³/mol. The molecular formula is C9H10F5NO3. The van der Waals surface area contributed by atoms with Gasteiger partial charge in [0.15, 0.2) is 0 Å². The normalized spacial score (nSPS) is 12.7. The lowest BCUT2D eigenvalue weighted by molar-refractivity contribution is -0.269. The van der Waals surface area contributed by atoms with Gasteiger partial charge in [-0.25, -0.2) is 0 Å². The lowest BCUT2D eigenvalue weighted by Crippen LogP contribution is -2.50. The quantitative estimate of drug-likeness (QED) is 0.573. The van der Waals surface area contributed by atoms with Crippen LogP contribution in [-0.2, 0) is 9.59 Å². The summed E-state index contributed by atoms with van der Waals surface area (Å²) in [6, 6.07) is 0. The van der Waals surface area contributed by atoms with E-state index in [0.717, 1.165) is 6.08 Å². The summed E-state index contributed by atoms with van der Waals surface area (Å²) in [4.78, 5) is 20.6. The number of carboxylic acid groups (broad SMARTS) is 1. The van der Waals surface area contributed by atoms with Gasteiger partial charge in [-0.1, -0.05) is 12.2 Å². The van der Waals surface area contributed by atoms with E-state index in [-0.39, 0.29) is 12.8 Å². The van der Waals surface area contributed by atoms with E-state index in [4.69, 9.17) is 5.11 Å². The Kier molecular flexibility index (Phi) is 5.73. The number of amides is 1. The van der Waals surface area contributed by atoms with Gasteiger partial charge in [-0.2, -0.15) is 22.0 Å². The average Bonchev–Trinajstić information content (AvgIpc) is 2.20. The van der Waals surface area contributed by atoms with Crippen molar-refractivity contribution >= 4 is 11.9 Å². The number of hydrogen-bond donors (Lipinski definition) is 2. The SMILES string of the molecule is O=C(O)CC/C=C\CNC(=O)C(F)(F)C(F)(F)F. The van der Waals surface area contributed by atoms with Gasteiger partial charge in [-0.15, -0.1) is 0 Å². The Labute approximate surface area is 98.5 Å². The van der Waals surface area contributed by atoms with Crippen LogP contribution in [0.2, 0.25) is 0 Å². The number of carbonyl (C=O) groups is 2. The predicted octanol–water partition coefficient (Wildman–Crippen LogP) is 1.72. The zero-order valence-corrected chi connectivity index (χ0v) is 8.93. The summed E-state index contributed by atoms with van der Waals surface area (Å²) in [6.07, 6.45) is -3.72. The first kappa shape index (κ1) is 16.3. The number of hydrogen-bond acceptors (Lipinski definition) is 2. The minimum absolute atomic E-state index is 0.0842. The molecule has 104 valence electrons. The summed E-state index contributed by atoms with van der Waals surface area (Å²) in [5.41, 5.74) is 0. The molecular weight excluding hydrogens is 265 g/mol. The molecule has 18 heavy (non-hydrogen) atoms. The van der Waals surface area contributed by atoms with E-state index in [1.807, 2.05) is 0 Å². The van der Waals surface area contributed by atoms with Crippen LogP contribution < -0.4 is 5.32 Å². The molecule has 0 fully saturated rings. The first-order valence-corrected chi connectivity index (χ1v) is 4.68. The summed E-state index contributed by atoms with van der Waals surface area (Å²) < 4.78 is 59.9. The summed E-state index contributed by atoms with van der Waals surface area (Å²) in [7, 11) is 0. The maximum atomic E-state index is 12.4. The highest BCUT2D eigenvalue weighted by Gasteiger charge is 2.63. The maximum Gasteiger partial charge on any atom is 0.463 e. The zero-order valence-electron chi connectivity index (χ0n) is 8.93. The van der Waals surface area contributed by atoms with E-state index in [2.05, 4.69) is 0 Å². The Bertz CT molecular complexity index is 338. The minimum Gasteiger partial charge on any atom is -0.481 e. The van der Waals surface area contributed by atoms with Crippen LogP contribution in [0.15, 0.2) is 12.2 Å². The summed E-state index contributed by atoms with van der Waals surface area (Å²) in [5, 5.41) is 9.60. The van der Waals surface area contributed by atoms with E-state index in [1.54, 1.807) is 0 Å². The molecule has 0 aromatic rings. The van der Waals surface area contributed by atoms with Crippen molar-refractivity contribution < 1.29 is 36.6 Å². The molecule has 0 aliphatic rings. The Balaban J connectivity index is 4.09. The molecule has 0 aromatic carbocycles. The summed E-state index contributed by atoms with van der Waals surface area (Å²) >= 11 is 0. The van der Waals surface area contributed by atoms with Crippen LogP contribution in [0.3, 0.4) is 0 Å². The van der Waals surface area contributed by atoms with Gasteiger partial charge in [0.25, 0.3) is 0 Å². The van der Waals surface area contributed by atoms with Crippen LogP contribution >= 0.6 is 0 Å². The van der Waals surface area contributed by atoms with Crippen molar-refractivity contribution in [1.29, 1.82) is 0 Å². The van der Waals surface area contributed by atoms with Crippen molar-refractivity contribution in [2.45, 2.75) is 24.9 Å². The number of alkyl halides is 5. The molecule has 0 saturated carbocycles. The fourth-order valence-corrected chi connectivity index (χ4v) is 0.799. The van der Waals surface area contributed by atoms with Gasteiger partial charge in [0.1, 0.15) is 0 Å². The second kappa shape index (κ2) is 6.31. The first-order chi connectivity index (χ1) is 8.09. The first-order valence-electron chi connectivity index (χ1n) is 4.68. The Hall–Kier alpha value is -1.67. The number of carboxylic acids is 1. The van der Waals surface area contributed by atoms with Crippen molar-refractivity contribution in [2.75, 3.05) is 6.54 Å². The van der Waals surface area contributed by atoms with Crippen LogP contribution in [0.1, 0.15) is 12.8 Å². The third kappa shape index (κ3) is 5.11. The lowest BCUT2D eigenvalue weighted by Gasteiger charge is -2.17. The molecule has 0 unspecified atom stereocenters. The van der Waals surface area contributed by atoms with Crippen LogP contribution in [0.25, 0.3) is 0 Å². The van der Waals surface area contributed by atoms with Gasteiger partial charge in [-0.05, 0) is 6.42 Å². The van der Waals surface area contributed by atoms with E-state index in [0.29, 0.717) is 0 Å². The molecule has 0 atom stereocenters. The average molecular weight is 275 g/mol. The highest BCUT2D eigenvalue weighted by molar-refractivity contribution is 5.84. The summed E-state index contributed by atoms with van der Waals surface area (Å²) in [5.74, 6) is -8.97. The van der Waals surface area contributed by atoms with Crippen molar-refractivity contribution in [3.8, 4) is 0 Å². The molecule has 9 heteroatoms. The highest BCUT2D eigenvalue weighted by atomic mass is 19.4. The Morgan fingerprint density at radius 3 is 2.11 bits per heavy atom. The van der Waals surface area contributed by atoms with Crippen LogP contribution in [0, 0.1) is 0 Å². The van der Waals surface area contributed by atoms with Gasteiger partial charge in [0, 0.05) is 13.0 Å². The third-order valence-electron chi connectivity index (χ3n) is 1.71. The second-order valence-electron chi connectivity index (χ2n) is 3.19.